The van der Waals surface area contributed by atoms with Gasteiger partial charge in [0.05, 0.1) is 11.4 Å². The highest BCUT2D eigenvalue weighted by Crippen LogP contribution is 2.25. The van der Waals surface area contributed by atoms with E-state index in [0.717, 1.165) is 15.9 Å². The van der Waals surface area contributed by atoms with Crippen molar-refractivity contribution in [2.45, 2.75) is 13.8 Å². The number of hydrogen-bond donors (Lipinski definition) is 1. The summed E-state index contributed by atoms with van der Waals surface area (Å²) in [7, 11) is 1.84. The number of para-hydroxylation sites is 1. The largest absolute Gasteiger partial charge is 0.349 e. The molecule has 3 aromatic rings. The van der Waals surface area contributed by atoms with Crippen molar-refractivity contribution >= 4 is 33.1 Å². The molecule has 0 aliphatic rings. The van der Waals surface area contributed by atoms with E-state index in [1.165, 1.54) is 6.92 Å². The molecule has 0 radical (unpaired) electrons. The van der Waals surface area contributed by atoms with E-state index in [9.17, 15) is 9.59 Å². The number of carbonyl (C=O) groups excluding carboxylic acids is 1. The third-order valence-electron chi connectivity index (χ3n) is 4.17. The third-order valence-corrected chi connectivity index (χ3v) is 4.67. The van der Waals surface area contributed by atoms with Crippen LogP contribution in [-0.4, -0.2) is 15.1 Å². The minimum Gasteiger partial charge on any atom is -0.349 e. The maximum absolute atomic E-state index is 12.9. The van der Waals surface area contributed by atoms with Crippen molar-refractivity contribution in [3.63, 3.8) is 0 Å². The first-order valence-electron chi connectivity index (χ1n) is 7.81. The molecular weight excluding hydrogens is 382 g/mol. The van der Waals surface area contributed by atoms with Gasteiger partial charge >= 0.3 is 0 Å². The summed E-state index contributed by atoms with van der Waals surface area (Å²) in [6.45, 7) is 3.38. The predicted molar refractivity (Wildman–Crippen MR) is 103 cm³/mol. The van der Waals surface area contributed by atoms with E-state index in [1.807, 2.05) is 50.4 Å². The molecule has 3 rings (SSSR count). The summed E-state index contributed by atoms with van der Waals surface area (Å²) in [6, 6.07) is 14.8. The van der Waals surface area contributed by atoms with Gasteiger partial charge in [-0.3, -0.25) is 14.3 Å². The third kappa shape index (κ3) is 3.17. The van der Waals surface area contributed by atoms with Gasteiger partial charge in [-0.2, -0.15) is 0 Å². The molecule has 25 heavy (non-hydrogen) atoms. The molecule has 0 spiro atoms. The highest BCUT2D eigenvalue weighted by atomic mass is 79.9. The Hall–Kier alpha value is -2.60. The number of Topliss-reactive ketones (excluding diaryl/α,β-unsaturated/α-hetero) is 1. The van der Waals surface area contributed by atoms with Crippen LogP contribution in [0.2, 0.25) is 0 Å². The molecule has 0 saturated heterocycles. The van der Waals surface area contributed by atoms with Crippen molar-refractivity contribution < 1.29 is 4.79 Å². The topological polar surface area (TPSA) is 56.0 Å². The van der Waals surface area contributed by atoms with E-state index in [-0.39, 0.29) is 11.3 Å². The van der Waals surface area contributed by atoms with Crippen molar-refractivity contribution in [1.82, 2.24) is 9.36 Å². The van der Waals surface area contributed by atoms with Crippen LogP contribution in [0.15, 0.2) is 57.8 Å². The standard InChI is InChI=1S/C19H18BrN3O2/c1-12-18(21-17-10-9-14(20)11-16(17)13(2)24)19(25)23(22(12)3)15-7-5-4-6-8-15/h4-11,21H,1-3H3. The summed E-state index contributed by atoms with van der Waals surface area (Å²) in [6.07, 6.45) is 0. The molecule has 0 saturated carbocycles. The second-order valence-electron chi connectivity index (χ2n) is 5.81. The van der Waals surface area contributed by atoms with Crippen LogP contribution in [0.25, 0.3) is 5.69 Å². The van der Waals surface area contributed by atoms with Crippen LogP contribution < -0.4 is 10.9 Å². The second kappa shape index (κ2) is 6.72. The lowest BCUT2D eigenvalue weighted by molar-refractivity contribution is 0.101. The molecule has 0 fully saturated rings. The summed E-state index contributed by atoms with van der Waals surface area (Å²) in [5.41, 5.74) is 3.00. The number of nitrogens with zero attached hydrogens (tertiary/aromatic N) is 2. The maximum Gasteiger partial charge on any atom is 0.295 e. The fourth-order valence-corrected chi connectivity index (χ4v) is 3.12. The van der Waals surface area contributed by atoms with Crippen LogP contribution >= 0.6 is 15.9 Å². The zero-order chi connectivity index (χ0) is 18.1. The van der Waals surface area contributed by atoms with Crippen LogP contribution in [0.3, 0.4) is 0 Å². The number of carbonyl (C=O) groups is 1. The number of benzene rings is 2. The average molecular weight is 400 g/mol. The molecule has 0 atom stereocenters. The molecular formula is C19H18BrN3O2. The second-order valence-corrected chi connectivity index (χ2v) is 6.72. The molecule has 0 aliphatic carbocycles. The Bertz CT molecular complexity index is 1000. The SMILES string of the molecule is CC(=O)c1cc(Br)ccc1Nc1c(C)n(C)n(-c2ccccc2)c1=O. The van der Waals surface area contributed by atoms with Crippen molar-refractivity contribution in [1.29, 1.82) is 0 Å². The van der Waals surface area contributed by atoms with E-state index >= 15 is 0 Å². The number of aromatic nitrogens is 2. The van der Waals surface area contributed by atoms with Crippen molar-refractivity contribution in [3.8, 4) is 5.69 Å². The molecule has 1 aromatic heterocycles. The number of anilines is 2. The summed E-state index contributed by atoms with van der Waals surface area (Å²) in [5, 5.41) is 3.15. The molecule has 0 unspecified atom stereocenters. The van der Waals surface area contributed by atoms with Gasteiger partial charge in [-0.15, -0.1) is 0 Å². The molecule has 2 aromatic carbocycles. The number of hydrogen-bond acceptors (Lipinski definition) is 3. The number of rotatable bonds is 4. The maximum atomic E-state index is 12.9. The zero-order valence-electron chi connectivity index (χ0n) is 14.2. The van der Waals surface area contributed by atoms with Crippen LogP contribution in [0, 0.1) is 6.92 Å². The van der Waals surface area contributed by atoms with Crippen molar-refractivity contribution in [2.75, 3.05) is 5.32 Å². The fraction of sp³-hybridized carbons (Fsp3) is 0.158. The molecule has 1 N–H and O–H groups in total. The first-order valence-corrected chi connectivity index (χ1v) is 8.61. The summed E-state index contributed by atoms with van der Waals surface area (Å²) in [4.78, 5) is 24.9. The number of ketones is 1. The van der Waals surface area contributed by atoms with Gasteiger partial charge in [-0.25, -0.2) is 4.68 Å². The highest BCUT2D eigenvalue weighted by Gasteiger charge is 2.18. The Balaban J connectivity index is 2.12. The molecule has 0 bridgehead atoms. The van der Waals surface area contributed by atoms with E-state index < -0.39 is 0 Å². The minimum absolute atomic E-state index is 0.0687. The normalized spacial score (nSPS) is 10.7. The Morgan fingerprint density at radius 1 is 1.12 bits per heavy atom. The van der Waals surface area contributed by atoms with E-state index in [4.69, 9.17) is 0 Å². The Kier molecular flexibility index (Phi) is 4.63. The van der Waals surface area contributed by atoms with Crippen LogP contribution in [0.5, 0.6) is 0 Å². The van der Waals surface area contributed by atoms with E-state index in [0.29, 0.717) is 16.9 Å². The Morgan fingerprint density at radius 2 is 1.80 bits per heavy atom. The van der Waals surface area contributed by atoms with Crippen molar-refractivity contribution in [3.05, 3.63) is 74.6 Å². The smallest absolute Gasteiger partial charge is 0.295 e. The highest BCUT2D eigenvalue weighted by molar-refractivity contribution is 9.10. The van der Waals surface area contributed by atoms with Crippen LogP contribution in [-0.2, 0) is 7.05 Å². The first kappa shape index (κ1) is 17.2. The van der Waals surface area contributed by atoms with Crippen LogP contribution in [0.4, 0.5) is 11.4 Å². The lowest BCUT2D eigenvalue weighted by atomic mass is 10.1. The minimum atomic E-state index is -0.163. The van der Waals surface area contributed by atoms with Gasteiger partial charge in [0.25, 0.3) is 5.56 Å². The summed E-state index contributed by atoms with van der Waals surface area (Å²) in [5.74, 6) is -0.0687. The van der Waals surface area contributed by atoms with Crippen molar-refractivity contribution in [2.24, 2.45) is 7.05 Å². The Labute approximate surface area is 154 Å². The predicted octanol–water partition coefficient (Wildman–Crippen LogP) is 4.19. The summed E-state index contributed by atoms with van der Waals surface area (Å²) < 4.78 is 4.21. The fourth-order valence-electron chi connectivity index (χ4n) is 2.76. The number of halogens is 1. The van der Waals surface area contributed by atoms with Gasteiger partial charge in [0, 0.05) is 22.8 Å². The molecule has 1 heterocycles. The van der Waals surface area contributed by atoms with Gasteiger partial charge in [0.1, 0.15) is 5.69 Å². The zero-order valence-corrected chi connectivity index (χ0v) is 15.8. The van der Waals surface area contributed by atoms with Gasteiger partial charge in [0.2, 0.25) is 0 Å². The lowest BCUT2D eigenvalue weighted by Gasteiger charge is -2.09. The summed E-state index contributed by atoms with van der Waals surface area (Å²) >= 11 is 3.38. The Morgan fingerprint density at radius 3 is 2.44 bits per heavy atom. The molecule has 128 valence electrons. The first-order chi connectivity index (χ1) is 11.9. The number of nitrogens with one attached hydrogen (secondary N) is 1. The molecule has 5 nitrogen and oxygen atoms in total. The van der Waals surface area contributed by atoms with Gasteiger partial charge in [-0.05, 0) is 44.2 Å². The molecule has 0 aliphatic heterocycles. The van der Waals surface area contributed by atoms with Gasteiger partial charge in [-0.1, -0.05) is 34.1 Å². The van der Waals surface area contributed by atoms with E-state index in [2.05, 4.69) is 21.2 Å². The quantitative estimate of drug-likeness (QED) is 0.669. The van der Waals surface area contributed by atoms with E-state index in [1.54, 1.807) is 21.5 Å². The van der Waals surface area contributed by atoms with Gasteiger partial charge < -0.3 is 5.32 Å². The van der Waals surface area contributed by atoms with Gasteiger partial charge in [0.15, 0.2) is 5.78 Å². The molecule has 6 heteroatoms. The average Bonchev–Trinajstić information content (AvgIpc) is 2.80. The molecule has 0 amide bonds. The lowest BCUT2D eigenvalue weighted by Crippen LogP contribution is -2.20. The monoisotopic (exact) mass is 399 g/mol. The van der Waals surface area contributed by atoms with Crippen LogP contribution in [0.1, 0.15) is 23.0 Å².